The minimum atomic E-state index is -2.83. The molecule has 0 unspecified atom stereocenters. The van der Waals surface area contributed by atoms with Gasteiger partial charge in [-0.05, 0) is 30.8 Å². The average Bonchev–Trinajstić information content (AvgIpc) is 2.07. The van der Waals surface area contributed by atoms with Crippen LogP contribution >= 0.6 is 7.92 Å². The van der Waals surface area contributed by atoms with Crippen LogP contribution in [0.4, 0.5) is 14.5 Å². The van der Waals surface area contributed by atoms with Crippen molar-refractivity contribution < 1.29 is 13.5 Å². The molecule has 14 heavy (non-hydrogen) atoms. The van der Waals surface area contributed by atoms with E-state index in [4.69, 9.17) is 5.73 Å². The third-order valence-corrected chi connectivity index (χ3v) is 3.04. The third-order valence-electron chi connectivity index (χ3n) is 1.73. The standard InChI is InChI=1S/C9H12F2NOP/c1-14(2)6-3-4-7(12)8(5-6)13-9(10)11/h3-5,9H,12H2,1-2H3. The molecule has 0 amide bonds. The van der Waals surface area contributed by atoms with Crippen molar-refractivity contribution in [3.05, 3.63) is 18.2 Å². The summed E-state index contributed by atoms with van der Waals surface area (Å²) in [5, 5.41) is 0.991. The van der Waals surface area contributed by atoms with Crippen LogP contribution in [-0.4, -0.2) is 19.9 Å². The number of hydrogen-bond donors (Lipinski definition) is 1. The fourth-order valence-corrected chi connectivity index (χ4v) is 1.75. The largest absolute Gasteiger partial charge is 0.433 e. The minimum Gasteiger partial charge on any atom is -0.433 e. The molecule has 0 aliphatic heterocycles. The fourth-order valence-electron chi connectivity index (χ4n) is 0.999. The summed E-state index contributed by atoms with van der Waals surface area (Å²) in [6, 6.07) is 5.00. The Bertz CT molecular complexity index is 318. The van der Waals surface area contributed by atoms with Gasteiger partial charge in [-0.25, -0.2) is 0 Å². The Morgan fingerprint density at radius 1 is 1.36 bits per heavy atom. The molecule has 0 saturated carbocycles. The molecule has 5 heteroatoms. The summed E-state index contributed by atoms with van der Waals surface area (Å²) in [6.45, 7) is 1.24. The number of rotatable bonds is 3. The highest BCUT2D eigenvalue weighted by Crippen LogP contribution is 2.29. The lowest BCUT2D eigenvalue weighted by molar-refractivity contribution is -0.0492. The summed E-state index contributed by atoms with van der Waals surface area (Å²) in [7, 11) is -0.330. The van der Waals surface area contributed by atoms with E-state index in [1.54, 1.807) is 12.1 Å². The maximum Gasteiger partial charge on any atom is 0.387 e. The van der Waals surface area contributed by atoms with Crippen molar-refractivity contribution in [3.63, 3.8) is 0 Å². The zero-order valence-corrected chi connectivity index (χ0v) is 8.89. The van der Waals surface area contributed by atoms with Gasteiger partial charge in [0.1, 0.15) is 5.75 Å². The van der Waals surface area contributed by atoms with Gasteiger partial charge in [-0.2, -0.15) is 8.78 Å². The average molecular weight is 219 g/mol. The Hall–Kier alpha value is -0.890. The molecule has 0 saturated heterocycles. The summed E-state index contributed by atoms with van der Waals surface area (Å²) >= 11 is 0. The summed E-state index contributed by atoms with van der Waals surface area (Å²) in [4.78, 5) is 0. The van der Waals surface area contributed by atoms with Gasteiger partial charge in [-0.3, -0.25) is 0 Å². The Labute approximate surface area is 82.8 Å². The lowest BCUT2D eigenvalue weighted by Crippen LogP contribution is -2.08. The van der Waals surface area contributed by atoms with Crippen LogP contribution in [0.3, 0.4) is 0 Å². The van der Waals surface area contributed by atoms with Crippen molar-refractivity contribution >= 4 is 18.9 Å². The summed E-state index contributed by atoms with van der Waals surface area (Å²) < 4.78 is 28.2. The van der Waals surface area contributed by atoms with Crippen LogP contribution in [0.5, 0.6) is 5.75 Å². The van der Waals surface area contributed by atoms with E-state index in [1.807, 2.05) is 19.4 Å². The SMILES string of the molecule is CP(C)c1ccc(N)c(OC(F)F)c1. The van der Waals surface area contributed by atoms with Gasteiger partial charge in [-0.1, -0.05) is 14.0 Å². The van der Waals surface area contributed by atoms with Crippen molar-refractivity contribution in [3.8, 4) is 5.75 Å². The van der Waals surface area contributed by atoms with Gasteiger partial charge >= 0.3 is 6.61 Å². The molecule has 1 aromatic rings. The number of nitrogens with two attached hydrogens (primary N) is 1. The van der Waals surface area contributed by atoms with Crippen molar-refractivity contribution in [2.24, 2.45) is 0 Å². The van der Waals surface area contributed by atoms with E-state index in [0.29, 0.717) is 0 Å². The molecule has 0 radical (unpaired) electrons. The van der Waals surface area contributed by atoms with Gasteiger partial charge in [0.2, 0.25) is 0 Å². The molecule has 2 nitrogen and oxygen atoms in total. The van der Waals surface area contributed by atoms with E-state index in [-0.39, 0.29) is 19.4 Å². The van der Waals surface area contributed by atoms with Crippen LogP contribution < -0.4 is 15.8 Å². The van der Waals surface area contributed by atoms with Gasteiger partial charge in [0, 0.05) is 0 Å². The second kappa shape index (κ2) is 4.56. The quantitative estimate of drug-likeness (QED) is 0.625. The van der Waals surface area contributed by atoms with Gasteiger partial charge in [0.15, 0.2) is 0 Å². The number of ether oxygens (including phenoxy) is 1. The van der Waals surface area contributed by atoms with Crippen LogP contribution in [0.25, 0.3) is 0 Å². The molecule has 0 atom stereocenters. The number of hydrogen-bond acceptors (Lipinski definition) is 2. The van der Waals surface area contributed by atoms with Crippen LogP contribution in [0.15, 0.2) is 18.2 Å². The van der Waals surface area contributed by atoms with E-state index in [0.717, 1.165) is 5.30 Å². The zero-order valence-electron chi connectivity index (χ0n) is 8.00. The monoisotopic (exact) mass is 219 g/mol. The predicted octanol–water partition coefficient (Wildman–Crippen LogP) is 2.24. The van der Waals surface area contributed by atoms with E-state index >= 15 is 0 Å². The minimum absolute atomic E-state index is 0.0636. The van der Waals surface area contributed by atoms with E-state index in [1.165, 1.54) is 0 Å². The highest BCUT2D eigenvalue weighted by molar-refractivity contribution is 7.64. The first-order valence-corrected chi connectivity index (χ1v) is 6.26. The number of benzene rings is 1. The Kier molecular flexibility index (Phi) is 3.64. The first kappa shape index (κ1) is 11.2. The van der Waals surface area contributed by atoms with Crippen LogP contribution in [0.1, 0.15) is 0 Å². The molecule has 1 aromatic carbocycles. The highest BCUT2D eigenvalue weighted by atomic mass is 31.1. The fraction of sp³-hybridized carbons (Fsp3) is 0.333. The van der Waals surface area contributed by atoms with Crippen LogP contribution in [0.2, 0.25) is 0 Å². The first-order valence-electron chi connectivity index (χ1n) is 4.02. The van der Waals surface area contributed by atoms with Gasteiger partial charge < -0.3 is 10.5 Å². The molecule has 2 N–H and O–H groups in total. The zero-order chi connectivity index (χ0) is 10.7. The first-order chi connectivity index (χ1) is 6.50. The van der Waals surface area contributed by atoms with Crippen molar-refractivity contribution in [2.45, 2.75) is 6.61 Å². The molecule has 0 spiro atoms. The maximum atomic E-state index is 12.0. The number of nitrogen functional groups attached to an aromatic ring is 1. The topological polar surface area (TPSA) is 35.2 Å². The predicted molar refractivity (Wildman–Crippen MR) is 55.9 cm³/mol. The van der Waals surface area contributed by atoms with E-state index in [9.17, 15) is 8.78 Å². The molecular weight excluding hydrogens is 207 g/mol. The number of halogens is 2. The Balaban J connectivity index is 2.96. The molecule has 78 valence electrons. The van der Waals surface area contributed by atoms with E-state index in [2.05, 4.69) is 4.74 Å². The van der Waals surface area contributed by atoms with Crippen molar-refractivity contribution in [1.29, 1.82) is 0 Å². The molecule has 0 aromatic heterocycles. The Morgan fingerprint density at radius 2 is 2.00 bits per heavy atom. The highest BCUT2D eigenvalue weighted by Gasteiger charge is 2.09. The molecular formula is C9H12F2NOP. The van der Waals surface area contributed by atoms with Crippen LogP contribution in [-0.2, 0) is 0 Å². The molecule has 0 aliphatic carbocycles. The van der Waals surface area contributed by atoms with Gasteiger partial charge in [-0.15, -0.1) is 0 Å². The molecule has 0 fully saturated rings. The van der Waals surface area contributed by atoms with Crippen molar-refractivity contribution in [1.82, 2.24) is 0 Å². The molecule has 0 bridgehead atoms. The summed E-state index contributed by atoms with van der Waals surface area (Å²) in [5.74, 6) is 0.0636. The maximum absolute atomic E-state index is 12.0. The molecule has 0 aliphatic rings. The number of alkyl halides is 2. The van der Waals surface area contributed by atoms with Gasteiger partial charge in [0.05, 0.1) is 5.69 Å². The van der Waals surface area contributed by atoms with Gasteiger partial charge in [0.25, 0.3) is 0 Å². The smallest absolute Gasteiger partial charge is 0.387 e. The second-order valence-electron chi connectivity index (χ2n) is 3.00. The molecule has 1 rings (SSSR count). The lowest BCUT2D eigenvalue weighted by atomic mass is 10.3. The lowest BCUT2D eigenvalue weighted by Gasteiger charge is -2.11. The second-order valence-corrected chi connectivity index (χ2v) is 5.30. The number of anilines is 1. The molecule has 0 heterocycles. The summed E-state index contributed by atoms with van der Waals surface area (Å²) in [5.41, 5.74) is 5.73. The van der Waals surface area contributed by atoms with Crippen molar-refractivity contribution in [2.75, 3.05) is 19.1 Å². The van der Waals surface area contributed by atoms with Crippen LogP contribution in [0, 0.1) is 0 Å². The normalized spacial score (nSPS) is 11.0. The van der Waals surface area contributed by atoms with E-state index < -0.39 is 6.61 Å². The summed E-state index contributed by atoms with van der Waals surface area (Å²) in [6.07, 6.45) is 0. The third kappa shape index (κ3) is 2.81. The Morgan fingerprint density at radius 3 is 2.50 bits per heavy atom.